The third-order valence-corrected chi connectivity index (χ3v) is 9.24. The fourth-order valence-corrected chi connectivity index (χ4v) is 6.49. The number of benzene rings is 2. The topological polar surface area (TPSA) is 160 Å². The van der Waals surface area contributed by atoms with E-state index < -0.39 is 23.1 Å². The molecule has 2 N–H and O–H groups in total. The van der Waals surface area contributed by atoms with Crippen LogP contribution in [-0.4, -0.2) is 71.2 Å². The molecule has 15 heteroatoms. The molecule has 1 unspecified atom stereocenters. The first-order valence-corrected chi connectivity index (χ1v) is 16.7. The first-order chi connectivity index (χ1) is 23.1. The molecule has 13 nitrogen and oxygen atoms in total. The van der Waals surface area contributed by atoms with Crippen molar-refractivity contribution >= 4 is 51.9 Å². The van der Waals surface area contributed by atoms with Gasteiger partial charge in [0, 0.05) is 11.6 Å². The van der Waals surface area contributed by atoms with E-state index in [9.17, 15) is 19.2 Å². The standard InChI is InChI=1S/C33H37N5O8S2/c1-7-45-31(41)26-19(3)27(32(42)46-8-2)48-30(26)35-28(39)20(4)47-33-37-36-25(38(33)18-21-12-10-9-11-13-21)17-34-29(40)22-14-23(43-5)16-24(15-22)44-6/h9-16,20H,7-8,17-18H2,1-6H3,(H,34,40)(H,35,39). The summed E-state index contributed by atoms with van der Waals surface area (Å²) >= 11 is 2.11. The average Bonchev–Trinajstić information content (AvgIpc) is 3.62. The van der Waals surface area contributed by atoms with E-state index >= 15 is 0 Å². The summed E-state index contributed by atoms with van der Waals surface area (Å²) in [4.78, 5) is 52.2. The van der Waals surface area contributed by atoms with Crippen molar-refractivity contribution in [3.63, 3.8) is 0 Å². The Balaban J connectivity index is 1.56. The number of methoxy groups -OCH3 is 2. The second kappa shape index (κ2) is 16.8. The second-order valence-corrected chi connectivity index (χ2v) is 12.5. The molecule has 2 amide bonds. The summed E-state index contributed by atoms with van der Waals surface area (Å²) in [7, 11) is 3.01. The van der Waals surface area contributed by atoms with Gasteiger partial charge in [0.1, 0.15) is 21.4 Å². The van der Waals surface area contributed by atoms with Gasteiger partial charge in [0.25, 0.3) is 5.91 Å². The maximum atomic E-state index is 13.5. The molecular weight excluding hydrogens is 659 g/mol. The van der Waals surface area contributed by atoms with Crippen LogP contribution in [0.1, 0.15) is 68.1 Å². The van der Waals surface area contributed by atoms with Gasteiger partial charge in [-0.2, -0.15) is 0 Å². The number of nitrogens with zero attached hydrogens (tertiary/aromatic N) is 3. The lowest BCUT2D eigenvalue weighted by molar-refractivity contribution is -0.115. The molecule has 0 aliphatic heterocycles. The van der Waals surface area contributed by atoms with Gasteiger partial charge >= 0.3 is 11.9 Å². The first-order valence-electron chi connectivity index (χ1n) is 15.0. The van der Waals surface area contributed by atoms with E-state index in [0.717, 1.165) is 28.7 Å². The number of ether oxygens (including phenoxy) is 4. The summed E-state index contributed by atoms with van der Waals surface area (Å²) in [6.45, 7) is 7.36. The van der Waals surface area contributed by atoms with E-state index in [4.69, 9.17) is 18.9 Å². The Morgan fingerprint density at radius 1 is 0.938 bits per heavy atom. The summed E-state index contributed by atoms with van der Waals surface area (Å²) in [5.41, 5.74) is 1.78. The van der Waals surface area contributed by atoms with Gasteiger partial charge in [0.15, 0.2) is 11.0 Å². The van der Waals surface area contributed by atoms with E-state index in [1.54, 1.807) is 45.9 Å². The van der Waals surface area contributed by atoms with Gasteiger partial charge in [-0.25, -0.2) is 9.59 Å². The molecule has 0 saturated carbocycles. The van der Waals surface area contributed by atoms with Crippen molar-refractivity contribution in [2.45, 2.75) is 51.2 Å². The largest absolute Gasteiger partial charge is 0.497 e. The number of rotatable bonds is 15. The van der Waals surface area contributed by atoms with E-state index in [2.05, 4.69) is 20.8 Å². The van der Waals surface area contributed by atoms with Crippen molar-refractivity contribution in [1.29, 1.82) is 0 Å². The molecule has 4 rings (SSSR count). The molecule has 254 valence electrons. The highest BCUT2D eigenvalue weighted by Crippen LogP contribution is 2.35. The molecule has 0 aliphatic carbocycles. The molecule has 0 saturated heterocycles. The summed E-state index contributed by atoms with van der Waals surface area (Å²) in [5.74, 6) is -0.627. The van der Waals surface area contributed by atoms with Crippen LogP contribution in [0.25, 0.3) is 0 Å². The van der Waals surface area contributed by atoms with Crippen LogP contribution in [0.3, 0.4) is 0 Å². The Morgan fingerprint density at radius 2 is 1.58 bits per heavy atom. The van der Waals surface area contributed by atoms with Crippen molar-refractivity contribution in [3.05, 3.63) is 81.5 Å². The van der Waals surface area contributed by atoms with Crippen LogP contribution in [0.15, 0.2) is 53.7 Å². The summed E-state index contributed by atoms with van der Waals surface area (Å²) in [5, 5.41) is 14.3. The van der Waals surface area contributed by atoms with Crippen LogP contribution in [-0.2, 0) is 27.4 Å². The SMILES string of the molecule is CCOC(=O)c1sc(NC(=O)C(C)Sc2nnc(CNC(=O)c3cc(OC)cc(OC)c3)n2Cc2ccccc2)c(C(=O)OCC)c1C. The minimum absolute atomic E-state index is 0.0489. The molecule has 1 atom stereocenters. The Morgan fingerprint density at radius 3 is 2.21 bits per heavy atom. The van der Waals surface area contributed by atoms with Gasteiger partial charge in [0.05, 0.1) is 51.3 Å². The van der Waals surface area contributed by atoms with Gasteiger partial charge in [-0.05, 0) is 51.0 Å². The van der Waals surface area contributed by atoms with Crippen LogP contribution in [0.5, 0.6) is 11.5 Å². The lowest BCUT2D eigenvalue weighted by Gasteiger charge is -2.14. The molecule has 0 radical (unpaired) electrons. The quantitative estimate of drug-likeness (QED) is 0.126. The average molecular weight is 696 g/mol. The molecule has 0 aliphatic rings. The van der Waals surface area contributed by atoms with Crippen LogP contribution in [0, 0.1) is 6.92 Å². The van der Waals surface area contributed by atoms with Crippen LogP contribution >= 0.6 is 23.1 Å². The van der Waals surface area contributed by atoms with Gasteiger partial charge in [-0.15, -0.1) is 21.5 Å². The van der Waals surface area contributed by atoms with Crippen LogP contribution in [0.4, 0.5) is 5.00 Å². The number of anilines is 1. The van der Waals surface area contributed by atoms with Gasteiger partial charge in [-0.1, -0.05) is 42.1 Å². The zero-order valence-electron chi connectivity index (χ0n) is 27.4. The third kappa shape index (κ3) is 8.72. The van der Waals surface area contributed by atoms with Crippen molar-refractivity contribution in [2.24, 2.45) is 0 Å². The number of amides is 2. The number of carbonyl (C=O) groups excluding carboxylic acids is 4. The highest BCUT2D eigenvalue weighted by molar-refractivity contribution is 8.00. The summed E-state index contributed by atoms with van der Waals surface area (Å²) in [6.07, 6.45) is 0. The van der Waals surface area contributed by atoms with Crippen molar-refractivity contribution < 1.29 is 38.1 Å². The highest BCUT2D eigenvalue weighted by Gasteiger charge is 2.29. The number of nitrogens with one attached hydrogen (secondary N) is 2. The van der Waals surface area contributed by atoms with Crippen molar-refractivity contribution in [1.82, 2.24) is 20.1 Å². The number of thiophene rings is 1. The molecule has 2 aromatic carbocycles. The van der Waals surface area contributed by atoms with E-state index in [1.807, 2.05) is 34.9 Å². The molecule has 4 aromatic rings. The lowest BCUT2D eigenvalue weighted by atomic mass is 10.1. The fraction of sp³-hybridized carbons (Fsp3) is 0.333. The van der Waals surface area contributed by atoms with E-state index in [1.165, 1.54) is 14.2 Å². The number of carbonyl (C=O) groups is 4. The zero-order chi connectivity index (χ0) is 34.8. The van der Waals surface area contributed by atoms with Crippen LogP contribution in [0.2, 0.25) is 0 Å². The lowest BCUT2D eigenvalue weighted by Crippen LogP contribution is -2.25. The number of hydrogen-bond donors (Lipinski definition) is 2. The molecule has 0 bridgehead atoms. The second-order valence-electron chi connectivity index (χ2n) is 10.2. The molecule has 48 heavy (non-hydrogen) atoms. The molecule has 2 aromatic heterocycles. The third-order valence-electron chi connectivity index (χ3n) is 6.97. The molecule has 0 fully saturated rings. The smallest absolute Gasteiger partial charge is 0.348 e. The maximum absolute atomic E-state index is 13.5. The number of esters is 2. The minimum Gasteiger partial charge on any atom is -0.497 e. The first kappa shape index (κ1) is 36.0. The number of hydrogen-bond acceptors (Lipinski definition) is 12. The normalized spacial score (nSPS) is 11.4. The Kier molecular flexibility index (Phi) is 12.6. The van der Waals surface area contributed by atoms with E-state index in [0.29, 0.717) is 40.2 Å². The molecule has 2 heterocycles. The summed E-state index contributed by atoms with van der Waals surface area (Å²) < 4.78 is 22.7. The fourth-order valence-electron chi connectivity index (χ4n) is 4.53. The van der Waals surface area contributed by atoms with Crippen LogP contribution < -0.4 is 20.1 Å². The minimum atomic E-state index is -0.709. The Bertz CT molecular complexity index is 1750. The molecule has 0 spiro atoms. The van der Waals surface area contributed by atoms with Gasteiger partial charge in [0.2, 0.25) is 5.91 Å². The number of thioether (sulfide) groups is 1. The highest BCUT2D eigenvalue weighted by atomic mass is 32.2. The van der Waals surface area contributed by atoms with Crippen molar-refractivity contribution in [2.75, 3.05) is 32.8 Å². The number of aromatic nitrogens is 3. The predicted octanol–water partition coefficient (Wildman–Crippen LogP) is 5.12. The van der Waals surface area contributed by atoms with Crippen molar-refractivity contribution in [3.8, 4) is 11.5 Å². The Hall–Kier alpha value is -4.89. The summed E-state index contributed by atoms with van der Waals surface area (Å²) in [6, 6.07) is 14.5. The predicted molar refractivity (Wildman–Crippen MR) is 181 cm³/mol. The van der Waals surface area contributed by atoms with Gasteiger partial charge < -0.3 is 34.1 Å². The monoisotopic (exact) mass is 695 g/mol. The maximum Gasteiger partial charge on any atom is 0.348 e. The Labute approximate surface area is 286 Å². The van der Waals surface area contributed by atoms with E-state index in [-0.39, 0.29) is 41.1 Å². The molecular formula is C33H37N5O8S2. The van der Waals surface area contributed by atoms with Gasteiger partial charge in [-0.3, -0.25) is 9.59 Å². The zero-order valence-corrected chi connectivity index (χ0v) is 29.1.